The zero-order chi connectivity index (χ0) is 14.9. The Hall–Kier alpha value is -0.610. The van der Waals surface area contributed by atoms with Crippen molar-refractivity contribution in [3.63, 3.8) is 0 Å². The van der Waals surface area contributed by atoms with Crippen LogP contribution in [0.5, 0.6) is 0 Å². The summed E-state index contributed by atoms with van der Waals surface area (Å²) in [5, 5.41) is 3.38. The number of piperazine rings is 1. The van der Waals surface area contributed by atoms with Gasteiger partial charge in [0.15, 0.2) is 0 Å². The van der Waals surface area contributed by atoms with E-state index in [1.54, 1.807) is 0 Å². The Kier molecular flexibility index (Phi) is 7.51. The van der Waals surface area contributed by atoms with Crippen molar-refractivity contribution >= 4 is 5.91 Å². The highest BCUT2D eigenvalue weighted by molar-refractivity contribution is 5.77. The van der Waals surface area contributed by atoms with E-state index in [0.29, 0.717) is 11.9 Å². The van der Waals surface area contributed by atoms with Gasteiger partial charge in [0.2, 0.25) is 5.91 Å². The summed E-state index contributed by atoms with van der Waals surface area (Å²) in [7, 11) is 0. The molecule has 0 aliphatic carbocycles. The van der Waals surface area contributed by atoms with Crippen molar-refractivity contribution in [2.75, 3.05) is 39.3 Å². The quantitative estimate of drug-likeness (QED) is 0.663. The molecule has 0 spiro atoms. The third-order valence-corrected chi connectivity index (χ3v) is 4.88. The summed E-state index contributed by atoms with van der Waals surface area (Å²) in [4.78, 5) is 16.7. The number of carbonyl (C=O) groups is 1. The SMILES string of the molecule is CCCCCCCCCC(=O)N1CC(N2CCNCC2)C1. The lowest BCUT2D eigenvalue weighted by Gasteiger charge is -2.46. The van der Waals surface area contributed by atoms with E-state index >= 15 is 0 Å². The first-order valence-corrected chi connectivity index (χ1v) is 9.04. The molecule has 21 heavy (non-hydrogen) atoms. The Labute approximate surface area is 130 Å². The van der Waals surface area contributed by atoms with Crippen molar-refractivity contribution in [1.82, 2.24) is 15.1 Å². The standard InChI is InChI=1S/C17H33N3O/c1-2-3-4-5-6-7-8-9-17(21)20-14-16(15-20)19-12-10-18-11-13-19/h16,18H,2-15H2,1H3. The highest BCUT2D eigenvalue weighted by Crippen LogP contribution is 2.18. The van der Waals surface area contributed by atoms with Gasteiger partial charge >= 0.3 is 0 Å². The lowest BCUT2D eigenvalue weighted by atomic mass is 10.0. The molecular formula is C17H33N3O. The summed E-state index contributed by atoms with van der Waals surface area (Å²) in [5.74, 6) is 0.384. The van der Waals surface area contributed by atoms with E-state index in [0.717, 1.165) is 52.1 Å². The minimum atomic E-state index is 0.384. The normalized spacial score (nSPS) is 20.5. The Morgan fingerprint density at radius 1 is 1.00 bits per heavy atom. The van der Waals surface area contributed by atoms with Crippen LogP contribution >= 0.6 is 0 Å². The van der Waals surface area contributed by atoms with E-state index in [-0.39, 0.29) is 0 Å². The van der Waals surface area contributed by atoms with E-state index < -0.39 is 0 Å². The van der Waals surface area contributed by atoms with Crippen LogP contribution in [0, 0.1) is 0 Å². The molecule has 2 heterocycles. The molecule has 0 unspecified atom stereocenters. The summed E-state index contributed by atoms with van der Waals surface area (Å²) in [6, 6.07) is 0.630. The number of amides is 1. The van der Waals surface area contributed by atoms with Crippen LogP contribution in [0.1, 0.15) is 58.3 Å². The highest BCUT2D eigenvalue weighted by Gasteiger charge is 2.34. The maximum atomic E-state index is 12.1. The molecule has 0 bridgehead atoms. The predicted octanol–water partition coefficient (Wildman–Crippen LogP) is 2.24. The maximum Gasteiger partial charge on any atom is 0.222 e. The summed E-state index contributed by atoms with van der Waals surface area (Å²) in [6.45, 7) is 8.67. The Morgan fingerprint density at radius 3 is 2.29 bits per heavy atom. The first-order chi connectivity index (χ1) is 10.3. The molecule has 2 saturated heterocycles. The van der Waals surface area contributed by atoms with Gasteiger partial charge in [0.05, 0.1) is 0 Å². The van der Waals surface area contributed by atoms with Crippen LogP contribution < -0.4 is 5.32 Å². The van der Waals surface area contributed by atoms with E-state index in [1.807, 2.05) is 0 Å². The second-order valence-corrected chi connectivity index (χ2v) is 6.61. The van der Waals surface area contributed by atoms with Gasteiger partial charge in [0.1, 0.15) is 0 Å². The number of hydrogen-bond acceptors (Lipinski definition) is 3. The largest absolute Gasteiger partial charge is 0.339 e. The molecule has 0 atom stereocenters. The van der Waals surface area contributed by atoms with Crippen LogP contribution in [-0.4, -0.2) is 61.0 Å². The summed E-state index contributed by atoms with van der Waals surface area (Å²) < 4.78 is 0. The van der Waals surface area contributed by atoms with Gasteiger partial charge in [0.25, 0.3) is 0 Å². The average Bonchev–Trinajstić information content (AvgIpc) is 2.46. The van der Waals surface area contributed by atoms with Crippen LogP contribution in [0.25, 0.3) is 0 Å². The molecule has 1 amide bonds. The summed E-state index contributed by atoms with van der Waals surface area (Å²) >= 11 is 0. The Morgan fingerprint density at radius 2 is 1.62 bits per heavy atom. The number of unbranched alkanes of at least 4 members (excludes halogenated alkanes) is 6. The van der Waals surface area contributed by atoms with E-state index in [4.69, 9.17) is 0 Å². The van der Waals surface area contributed by atoms with Gasteiger partial charge in [0, 0.05) is 51.7 Å². The first kappa shape index (κ1) is 16.8. The van der Waals surface area contributed by atoms with E-state index in [1.165, 1.54) is 38.5 Å². The van der Waals surface area contributed by atoms with E-state index in [9.17, 15) is 4.79 Å². The predicted molar refractivity (Wildman–Crippen MR) is 87.4 cm³/mol. The molecule has 0 aromatic heterocycles. The highest BCUT2D eigenvalue weighted by atomic mass is 16.2. The van der Waals surface area contributed by atoms with Crippen LogP contribution in [-0.2, 0) is 4.79 Å². The van der Waals surface area contributed by atoms with Crippen molar-refractivity contribution in [3.05, 3.63) is 0 Å². The topological polar surface area (TPSA) is 35.6 Å². The van der Waals surface area contributed by atoms with Crippen LogP contribution in [0.15, 0.2) is 0 Å². The molecule has 0 radical (unpaired) electrons. The number of hydrogen-bond donors (Lipinski definition) is 1. The monoisotopic (exact) mass is 295 g/mol. The molecule has 4 nitrogen and oxygen atoms in total. The number of nitrogens with one attached hydrogen (secondary N) is 1. The van der Waals surface area contributed by atoms with E-state index in [2.05, 4.69) is 22.0 Å². The van der Waals surface area contributed by atoms with Gasteiger partial charge in [-0.15, -0.1) is 0 Å². The van der Waals surface area contributed by atoms with Gasteiger partial charge in [-0.2, -0.15) is 0 Å². The van der Waals surface area contributed by atoms with Crippen LogP contribution in [0.2, 0.25) is 0 Å². The van der Waals surface area contributed by atoms with Gasteiger partial charge < -0.3 is 10.2 Å². The third-order valence-electron chi connectivity index (χ3n) is 4.88. The molecule has 1 N–H and O–H groups in total. The zero-order valence-corrected chi connectivity index (χ0v) is 13.8. The lowest BCUT2D eigenvalue weighted by molar-refractivity contribution is -0.139. The van der Waals surface area contributed by atoms with Crippen molar-refractivity contribution in [2.24, 2.45) is 0 Å². The van der Waals surface area contributed by atoms with Gasteiger partial charge in [-0.1, -0.05) is 45.4 Å². The molecule has 2 fully saturated rings. The third kappa shape index (κ3) is 5.59. The lowest BCUT2D eigenvalue weighted by Crippen LogP contribution is -2.63. The van der Waals surface area contributed by atoms with Crippen LogP contribution in [0.4, 0.5) is 0 Å². The maximum absolute atomic E-state index is 12.1. The second kappa shape index (κ2) is 9.42. The molecule has 0 saturated carbocycles. The fourth-order valence-electron chi connectivity index (χ4n) is 3.33. The number of likely N-dealkylation sites (tertiary alicyclic amines) is 1. The minimum absolute atomic E-state index is 0.384. The molecule has 0 aromatic carbocycles. The van der Waals surface area contributed by atoms with Gasteiger partial charge in [-0.25, -0.2) is 0 Å². The molecule has 0 aromatic rings. The molecule has 2 aliphatic heterocycles. The zero-order valence-electron chi connectivity index (χ0n) is 13.8. The van der Waals surface area contributed by atoms with Crippen LogP contribution in [0.3, 0.4) is 0 Å². The minimum Gasteiger partial charge on any atom is -0.339 e. The first-order valence-electron chi connectivity index (χ1n) is 9.04. The second-order valence-electron chi connectivity index (χ2n) is 6.61. The van der Waals surface area contributed by atoms with Crippen molar-refractivity contribution in [1.29, 1.82) is 0 Å². The smallest absolute Gasteiger partial charge is 0.222 e. The number of nitrogens with zero attached hydrogens (tertiary/aromatic N) is 2. The van der Waals surface area contributed by atoms with Gasteiger partial charge in [-0.05, 0) is 6.42 Å². The van der Waals surface area contributed by atoms with Gasteiger partial charge in [-0.3, -0.25) is 9.69 Å². The fourth-order valence-corrected chi connectivity index (χ4v) is 3.33. The molecule has 4 heteroatoms. The average molecular weight is 295 g/mol. The molecular weight excluding hydrogens is 262 g/mol. The Bertz CT molecular complexity index is 296. The van der Waals surface area contributed by atoms with Crippen molar-refractivity contribution in [3.8, 4) is 0 Å². The molecule has 2 rings (SSSR count). The fraction of sp³-hybridized carbons (Fsp3) is 0.941. The molecule has 122 valence electrons. The summed E-state index contributed by atoms with van der Waals surface area (Å²) in [5.41, 5.74) is 0. The number of carbonyl (C=O) groups excluding carboxylic acids is 1. The molecule has 2 aliphatic rings. The van der Waals surface area contributed by atoms with Crippen molar-refractivity contribution in [2.45, 2.75) is 64.3 Å². The summed E-state index contributed by atoms with van der Waals surface area (Å²) in [6.07, 6.45) is 9.75. The Balaban J connectivity index is 1.47. The van der Waals surface area contributed by atoms with Crippen molar-refractivity contribution < 1.29 is 4.79 Å². The number of rotatable bonds is 9.